The topological polar surface area (TPSA) is 42.1 Å². The van der Waals surface area contributed by atoms with E-state index in [9.17, 15) is 9.18 Å². The van der Waals surface area contributed by atoms with Gasteiger partial charge in [0.1, 0.15) is 11.5 Å². The number of esters is 1. The molecule has 1 aliphatic carbocycles. The van der Waals surface area contributed by atoms with Gasteiger partial charge in [-0.05, 0) is 53.6 Å². The van der Waals surface area contributed by atoms with Crippen LogP contribution >= 0.6 is 0 Å². The molecule has 4 rings (SSSR count). The molecule has 116 valence electrons. The van der Waals surface area contributed by atoms with Gasteiger partial charge in [-0.1, -0.05) is 24.3 Å². The number of methoxy groups -OCH3 is 1. The highest BCUT2D eigenvalue weighted by molar-refractivity contribution is 6.00. The van der Waals surface area contributed by atoms with Crippen LogP contribution in [0.2, 0.25) is 0 Å². The average Bonchev–Trinajstić information content (AvgIpc) is 3.34. The summed E-state index contributed by atoms with van der Waals surface area (Å²) in [6.45, 7) is 0. The van der Waals surface area contributed by atoms with Crippen molar-refractivity contribution >= 4 is 16.9 Å². The van der Waals surface area contributed by atoms with E-state index in [1.165, 1.54) is 19.2 Å². The predicted molar refractivity (Wildman–Crippen MR) is 87.0 cm³/mol. The maximum atomic E-state index is 13.1. The Morgan fingerprint density at radius 3 is 2.48 bits per heavy atom. The van der Waals surface area contributed by atoms with Gasteiger partial charge in [0, 0.05) is 10.9 Å². The molecule has 1 N–H and O–H groups in total. The van der Waals surface area contributed by atoms with Gasteiger partial charge in [0.2, 0.25) is 0 Å². The molecule has 0 bridgehead atoms. The summed E-state index contributed by atoms with van der Waals surface area (Å²) < 4.78 is 18.0. The Morgan fingerprint density at radius 1 is 1.13 bits per heavy atom. The van der Waals surface area contributed by atoms with Crippen LogP contribution in [0.4, 0.5) is 4.39 Å². The third-order valence-electron chi connectivity index (χ3n) is 4.39. The van der Waals surface area contributed by atoms with Crippen LogP contribution in [0.1, 0.15) is 34.8 Å². The molecular weight excluding hydrogens is 293 g/mol. The second-order valence-corrected chi connectivity index (χ2v) is 5.95. The fourth-order valence-electron chi connectivity index (χ4n) is 3.10. The first-order valence-electron chi connectivity index (χ1n) is 7.67. The molecule has 4 heteroatoms. The first-order valence-corrected chi connectivity index (χ1v) is 7.67. The Balaban J connectivity index is 1.86. The summed E-state index contributed by atoms with van der Waals surface area (Å²) in [5.74, 6) is -0.139. The van der Waals surface area contributed by atoms with Crippen molar-refractivity contribution in [2.75, 3.05) is 7.11 Å². The first kappa shape index (κ1) is 14.0. The fourth-order valence-corrected chi connectivity index (χ4v) is 3.10. The number of carbonyl (C=O) groups excluding carboxylic acids is 1. The zero-order valence-corrected chi connectivity index (χ0v) is 12.7. The van der Waals surface area contributed by atoms with Gasteiger partial charge in [-0.3, -0.25) is 0 Å². The van der Waals surface area contributed by atoms with E-state index in [0.29, 0.717) is 11.6 Å². The summed E-state index contributed by atoms with van der Waals surface area (Å²) in [6.07, 6.45) is 2.22. The lowest BCUT2D eigenvalue weighted by atomic mass is 10.0. The summed E-state index contributed by atoms with van der Waals surface area (Å²) in [5, 5.41) is 1.07. The maximum absolute atomic E-state index is 13.1. The number of nitrogens with one attached hydrogen (secondary N) is 1. The molecule has 0 radical (unpaired) electrons. The average molecular weight is 309 g/mol. The van der Waals surface area contributed by atoms with Gasteiger partial charge in [0.05, 0.1) is 7.11 Å². The Hall–Kier alpha value is -2.62. The van der Waals surface area contributed by atoms with Gasteiger partial charge < -0.3 is 9.72 Å². The van der Waals surface area contributed by atoms with Crippen molar-refractivity contribution in [2.45, 2.75) is 18.8 Å². The second-order valence-electron chi connectivity index (χ2n) is 5.95. The lowest BCUT2D eigenvalue weighted by Gasteiger charge is -2.03. The van der Waals surface area contributed by atoms with Crippen molar-refractivity contribution in [3.05, 3.63) is 59.5 Å². The molecule has 0 unspecified atom stereocenters. The van der Waals surface area contributed by atoms with Crippen molar-refractivity contribution in [2.24, 2.45) is 0 Å². The van der Waals surface area contributed by atoms with Crippen molar-refractivity contribution in [3.63, 3.8) is 0 Å². The van der Waals surface area contributed by atoms with Crippen LogP contribution in [-0.4, -0.2) is 18.1 Å². The van der Waals surface area contributed by atoms with Gasteiger partial charge in [-0.25, -0.2) is 9.18 Å². The Bertz CT molecular complexity index is 892. The minimum atomic E-state index is -0.327. The number of ether oxygens (including phenoxy) is 1. The van der Waals surface area contributed by atoms with Gasteiger partial charge in [0.15, 0.2) is 0 Å². The van der Waals surface area contributed by atoms with Crippen LogP contribution in [0.3, 0.4) is 0 Å². The molecular formula is C19H16FNO2. The summed E-state index contributed by atoms with van der Waals surface area (Å²) in [7, 11) is 1.40. The molecule has 1 heterocycles. The molecule has 3 nitrogen and oxygen atoms in total. The molecule has 1 saturated carbocycles. The summed E-state index contributed by atoms with van der Waals surface area (Å²) in [5.41, 5.74) is 4.46. The van der Waals surface area contributed by atoms with Crippen LogP contribution in [0, 0.1) is 5.82 Å². The number of aromatic amines is 1. The first-order chi connectivity index (χ1) is 11.2. The second kappa shape index (κ2) is 5.23. The number of fused-ring (bicyclic) bond motifs is 1. The van der Waals surface area contributed by atoms with Crippen molar-refractivity contribution < 1.29 is 13.9 Å². The van der Waals surface area contributed by atoms with E-state index in [0.717, 1.165) is 40.4 Å². The quantitative estimate of drug-likeness (QED) is 0.716. The number of hydrogen-bond donors (Lipinski definition) is 1. The van der Waals surface area contributed by atoms with E-state index in [2.05, 4.69) is 4.98 Å². The summed E-state index contributed by atoms with van der Waals surface area (Å²) >= 11 is 0. The lowest BCUT2D eigenvalue weighted by molar-refractivity contribution is 0.0594. The number of carbonyl (C=O) groups is 1. The number of aromatic nitrogens is 1. The Kier molecular flexibility index (Phi) is 3.18. The van der Waals surface area contributed by atoms with Gasteiger partial charge >= 0.3 is 5.97 Å². The minimum Gasteiger partial charge on any atom is -0.464 e. The van der Waals surface area contributed by atoms with Crippen molar-refractivity contribution in [1.82, 2.24) is 4.98 Å². The normalized spacial score (nSPS) is 14.2. The van der Waals surface area contributed by atoms with E-state index in [1.807, 2.05) is 18.2 Å². The smallest absolute Gasteiger partial charge is 0.354 e. The van der Waals surface area contributed by atoms with E-state index in [1.54, 1.807) is 12.1 Å². The van der Waals surface area contributed by atoms with Crippen LogP contribution in [0.15, 0.2) is 42.5 Å². The summed E-state index contributed by atoms with van der Waals surface area (Å²) in [4.78, 5) is 15.2. The van der Waals surface area contributed by atoms with Crippen LogP contribution in [0.25, 0.3) is 22.0 Å². The summed E-state index contributed by atoms with van der Waals surface area (Å²) in [6, 6.07) is 12.4. The highest BCUT2D eigenvalue weighted by atomic mass is 19.1. The standard InChI is InChI=1S/C19H16FNO2/c1-23-19(22)18-17(12-2-3-12)15-9-6-13(10-16(15)21-18)11-4-7-14(20)8-5-11/h4-10,12,21H,2-3H2,1H3. The molecule has 0 aliphatic heterocycles. The number of halogens is 1. The molecule has 0 spiro atoms. The van der Waals surface area contributed by atoms with Crippen molar-refractivity contribution in [1.29, 1.82) is 0 Å². The predicted octanol–water partition coefficient (Wildman–Crippen LogP) is 4.64. The van der Waals surface area contributed by atoms with Crippen LogP contribution in [-0.2, 0) is 4.74 Å². The third kappa shape index (κ3) is 2.40. The van der Waals surface area contributed by atoms with E-state index < -0.39 is 0 Å². The van der Waals surface area contributed by atoms with E-state index in [-0.39, 0.29) is 11.8 Å². The number of rotatable bonds is 3. The zero-order chi connectivity index (χ0) is 16.0. The molecule has 1 aliphatic rings. The number of H-pyrrole nitrogens is 1. The van der Waals surface area contributed by atoms with Gasteiger partial charge in [0.25, 0.3) is 0 Å². The number of benzene rings is 2. The van der Waals surface area contributed by atoms with E-state index in [4.69, 9.17) is 4.74 Å². The molecule has 0 amide bonds. The highest BCUT2D eigenvalue weighted by Gasteiger charge is 2.32. The molecule has 1 fully saturated rings. The lowest BCUT2D eigenvalue weighted by Crippen LogP contribution is -2.04. The Labute approximate surface area is 133 Å². The monoisotopic (exact) mass is 309 g/mol. The zero-order valence-electron chi connectivity index (χ0n) is 12.7. The molecule has 2 aromatic carbocycles. The molecule has 3 aromatic rings. The minimum absolute atomic E-state index is 0.251. The van der Waals surface area contributed by atoms with E-state index >= 15 is 0 Å². The maximum Gasteiger partial charge on any atom is 0.354 e. The van der Waals surface area contributed by atoms with Gasteiger partial charge in [-0.2, -0.15) is 0 Å². The highest BCUT2D eigenvalue weighted by Crippen LogP contribution is 2.45. The van der Waals surface area contributed by atoms with Crippen LogP contribution in [0.5, 0.6) is 0 Å². The number of hydrogen-bond acceptors (Lipinski definition) is 2. The van der Waals surface area contributed by atoms with Crippen molar-refractivity contribution in [3.8, 4) is 11.1 Å². The molecule has 23 heavy (non-hydrogen) atoms. The largest absolute Gasteiger partial charge is 0.464 e. The molecule has 0 saturated heterocycles. The van der Waals surface area contributed by atoms with Crippen LogP contribution < -0.4 is 0 Å². The molecule has 1 aromatic heterocycles. The third-order valence-corrected chi connectivity index (χ3v) is 4.39. The van der Waals surface area contributed by atoms with Gasteiger partial charge in [-0.15, -0.1) is 0 Å². The molecule has 0 atom stereocenters. The SMILES string of the molecule is COC(=O)c1[nH]c2cc(-c3ccc(F)cc3)ccc2c1C1CC1. The fraction of sp³-hybridized carbons (Fsp3) is 0.211. The Morgan fingerprint density at radius 2 is 1.83 bits per heavy atom.